The van der Waals surface area contributed by atoms with Gasteiger partial charge in [0.1, 0.15) is 28.7 Å². The van der Waals surface area contributed by atoms with Crippen LogP contribution in [-0.2, 0) is 0 Å². The summed E-state index contributed by atoms with van der Waals surface area (Å²) in [5.41, 5.74) is 0.388. The molecule has 184 valence electrons. The van der Waals surface area contributed by atoms with Crippen molar-refractivity contribution in [1.82, 2.24) is 0 Å². The van der Waals surface area contributed by atoms with Gasteiger partial charge in [0.15, 0.2) is 23.1 Å². The highest BCUT2D eigenvalue weighted by Gasteiger charge is 2.17. The van der Waals surface area contributed by atoms with Crippen LogP contribution in [0.3, 0.4) is 0 Å². The molecule has 9 nitrogen and oxygen atoms in total. The van der Waals surface area contributed by atoms with Crippen LogP contribution < -0.4 is 4.74 Å². The summed E-state index contributed by atoms with van der Waals surface area (Å²) in [7, 11) is 1.47. The van der Waals surface area contributed by atoms with E-state index in [9.17, 15) is 30.0 Å². The molecule has 9 heteroatoms. The molecule has 0 aromatic heterocycles. The van der Waals surface area contributed by atoms with Crippen LogP contribution in [0.1, 0.15) is 31.8 Å². The van der Waals surface area contributed by atoms with Crippen LogP contribution in [0.5, 0.6) is 40.2 Å². The first-order valence-electron chi connectivity index (χ1n) is 10.4. The third kappa shape index (κ3) is 5.65. The fraction of sp³-hybridized carbons (Fsp3) is 0.0370. The zero-order valence-corrected chi connectivity index (χ0v) is 18.9. The lowest BCUT2D eigenvalue weighted by atomic mass is 10.0. The van der Waals surface area contributed by atoms with E-state index in [0.717, 1.165) is 12.1 Å². The number of para-hydroxylation sites is 1. The average molecular weight is 490 g/mol. The van der Waals surface area contributed by atoms with Gasteiger partial charge in [-0.05, 0) is 54.6 Å². The van der Waals surface area contributed by atoms with Gasteiger partial charge in [-0.25, -0.2) is 0 Å². The van der Waals surface area contributed by atoms with Gasteiger partial charge in [-0.2, -0.15) is 0 Å². The molecule has 0 fully saturated rings. The monoisotopic (exact) mass is 490 g/mol. The minimum Gasteiger partial charge on any atom is -0.508 e. The Morgan fingerprint density at radius 1 is 0.556 bits per heavy atom. The second-order valence-electron chi connectivity index (χ2n) is 7.46. The summed E-state index contributed by atoms with van der Waals surface area (Å²) in [5, 5.41) is 56.5. The molecule has 0 saturated carbocycles. The fourth-order valence-electron chi connectivity index (χ4n) is 3.17. The highest BCUT2D eigenvalue weighted by Crippen LogP contribution is 2.30. The first-order chi connectivity index (χ1) is 17.1. The second-order valence-corrected chi connectivity index (χ2v) is 7.46. The molecule has 4 rings (SSSR count). The van der Waals surface area contributed by atoms with Gasteiger partial charge in [0.2, 0.25) is 0 Å². The SMILES string of the molecule is COc1ccc(C(=O)c2ccccc2O)c(O)c1.O=C(c1ccc(O)c(O)c1)c1ccc(O)cc1O. The van der Waals surface area contributed by atoms with Crippen LogP contribution in [-0.4, -0.2) is 49.3 Å². The van der Waals surface area contributed by atoms with Crippen molar-refractivity contribution >= 4 is 11.6 Å². The molecule has 0 aliphatic carbocycles. The fourth-order valence-corrected chi connectivity index (χ4v) is 3.17. The third-order valence-electron chi connectivity index (χ3n) is 5.06. The number of hydrogen-bond donors (Lipinski definition) is 6. The predicted molar refractivity (Wildman–Crippen MR) is 129 cm³/mol. The van der Waals surface area contributed by atoms with Crippen molar-refractivity contribution in [2.75, 3.05) is 7.11 Å². The Hall–Kier alpha value is -5.18. The number of carbonyl (C=O) groups is 2. The summed E-state index contributed by atoms with van der Waals surface area (Å²) in [6, 6.07) is 17.8. The summed E-state index contributed by atoms with van der Waals surface area (Å²) < 4.78 is 4.94. The van der Waals surface area contributed by atoms with Gasteiger partial charge < -0.3 is 35.4 Å². The van der Waals surface area contributed by atoms with Crippen molar-refractivity contribution in [2.24, 2.45) is 0 Å². The number of methoxy groups -OCH3 is 1. The van der Waals surface area contributed by atoms with E-state index in [0.29, 0.717) is 5.75 Å². The van der Waals surface area contributed by atoms with E-state index in [1.807, 2.05) is 0 Å². The average Bonchev–Trinajstić information content (AvgIpc) is 2.85. The van der Waals surface area contributed by atoms with Crippen LogP contribution in [0, 0.1) is 0 Å². The standard InChI is InChI=1S/C14H12O4.C13H10O5/c1-18-9-6-7-11(13(16)8-9)14(17)10-4-2-3-5-12(10)15;14-8-2-3-9(11(16)6-8)13(18)7-1-4-10(15)12(17)5-7/h2-8,15-16H,1H3;1-6,14-17H. The normalized spacial score (nSPS) is 10.1. The first-order valence-corrected chi connectivity index (χ1v) is 10.4. The lowest BCUT2D eigenvalue weighted by Gasteiger charge is -2.07. The molecule has 0 spiro atoms. The van der Waals surface area contributed by atoms with Gasteiger partial charge in [-0.3, -0.25) is 9.59 Å². The number of phenols is 6. The van der Waals surface area contributed by atoms with Crippen molar-refractivity contribution in [3.05, 3.63) is 101 Å². The summed E-state index contributed by atoms with van der Waals surface area (Å²) >= 11 is 0. The molecule has 0 aliphatic heterocycles. The van der Waals surface area contributed by atoms with Gasteiger partial charge in [0.05, 0.1) is 23.8 Å². The van der Waals surface area contributed by atoms with E-state index >= 15 is 0 Å². The molecule has 0 saturated heterocycles. The first kappa shape index (κ1) is 25.4. The van der Waals surface area contributed by atoms with Gasteiger partial charge in [-0.1, -0.05) is 12.1 Å². The Morgan fingerprint density at radius 3 is 1.78 bits per heavy atom. The molecule has 0 atom stereocenters. The van der Waals surface area contributed by atoms with Crippen LogP contribution >= 0.6 is 0 Å². The Labute approximate surface area is 205 Å². The number of phenolic OH excluding ortho intramolecular Hbond substituents is 6. The van der Waals surface area contributed by atoms with Crippen molar-refractivity contribution < 1.29 is 45.0 Å². The van der Waals surface area contributed by atoms with E-state index < -0.39 is 17.3 Å². The number of hydrogen-bond acceptors (Lipinski definition) is 9. The third-order valence-corrected chi connectivity index (χ3v) is 5.06. The van der Waals surface area contributed by atoms with Crippen LogP contribution in [0.2, 0.25) is 0 Å². The Bertz CT molecular complexity index is 1430. The number of aromatic hydroxyl groups is 6. The number of ketones is 2. The molecular weight excluding hydrogens is 468 g/mol. The molecular formula is C27H22O9. The van der Waals surface area contributed by atoms with E-state index in [1.54, 1.807) is 18.2 Å². The maximum atomic E-state index is 12.1. The van der Waals surface area contributed by atoms with E-state index in [2.05, 4.69) is 0 Å². The molecule has 0 amide bonds. The highest BCUT2D eigenvalue weighted by atomic mass is 16.5. The number of carbonyl (C=O) groups excluding carboxylic acids is 2. The quantitative estimate of drug-likeness (QED) is 0.179. The van der Waals surface area contributed by atoms with Crippen LogP contribution in [0.25, 0.3) is 0 Å². The minimum absolute atomic E-state index is 0.00195. The van der Waals surface area contributed by atoms with Crippen molar-refractivity contribution in [2.45, 2.75) is 0 Å². The molecule has 4 aromatic rings. The number of ether oxygens (including phenoxy) is 1. The zero-order valence-electron chi connectivity index (χ0n) is 18.9. The molecule has 36 heavy (non-hydrogen) atoms. The van der Waals surface area contributed by atoms with E-state index in [1.165, 1.54) is 55.6 Å². The minimum atomic E-state index is -0.525. The Kier molecular flexibility index (Phi) is 7.65. The van der Waals surface area contributed by atoms with Gasteiger partial charge in [0, 0.05) is 17.7 Å². The Balaban J connectivity index is 0.000000201. The summed E-state index contributed by atoms with van der Waals surface area (Å²) in [5.74, 6) is -2.05. The highest BCUT2D eigenvalue weighted by molar-refractivity contribution is 6.12. The van der Waals surface area contributed by atoms with Gasteiger partial charge in [0.25, 0.3) is 0 Å². The predicted octanol–water partition coefficient (Wildman–Crippen LogP) is 4.08. The summed E-state index contributed by atoms with van der Waals surface area (Å²) in [4.78, 5) is 24.1. The van der Waals surface area contributed by atoms with Crippen molar-refractivity contribution in [3.63, 3.8) is 0 Å². The molecule has 0 aliphatic rings. The van der Waals surface area contributed by atoms with Crippen molar-refractivity contribution in [3.8, 4) is 40.2 Å². The molecule has 0 heterocycles. The summed E-state index contributed by atoms with van der Waals surface area (Å²) in [6.45, 7) is 0. The van der Waals surface area contributed by atoms with Gasteiger partial charge >= 0.3 is 0 Å². The lowest BCUT2D eigenvalue weighted by Crippen LogP contribution is -2.02. The smallest absolute Gasteiger partial charge is 0.200 e. The van der Waals surface area contributed by atoms with E-state index in [4.69, 9.17) is 14.9 Å². The molecule has 6 N–H and O–H groups in total. The topological polar surface area (TPSA) is 165 Å². The molecule has 4 aromatic carbocycles. The van der Waals surface area contributed by atoms with Crippen LogP contribution in [0.4, 0.5) is 0 Å². The van der Waals surface area contributed by atoms with E-state index in [-0.39, 0.29) is 51.0 Å². The maximum Gasteiger partial charge on any atom is 0.200 e. The number of rotatable bonds is 5. The molecule has 0 bridgehead atoms. The van der Waals surface area contributed by atoms with Crippen molar-refractivity contribution in [1.29, 1.82) is 0 Å². The molecule has 0 radical (unpaired) electrons. The second kappa shape index (κ2) is 10.8. The van der Waals surface area contributed by atoms with Crippen LogP contribution in [0.15, 0.2) is 78.9 Å². The zero-order chi connectivity index (χ0) is 26.4. The number of benzene rings is 4. The maximum absolute atomic E-state index is 12.1. The molecule has 0 unspecified atom stereocenters. The Morgan fingerprint density at radius 2 is 1.17 bits per heavy atom. The van der Waals surface area contributed by atoms with Gasteiger partial charge in [-0.15, -0.1) is 0 Å². The lowest BCUT2D eigenvalue weighted by molar-refractivity contribution is 0.102. The summed E-state index contributed by atoms with van der Waals surface area (Å²) in [6.07, 6.45) is 0. The largest absolute Gasteiger partial charge is 0.508 e.